The maximum atomic E-state index is 12.4. The Morgan fingerprint density at radius 1 is 1.19 bits per heavy atom. The van der Waals surface area contributed by atoms with Crippen molar-refractivity contribution < 1.29 is 14.4 Å². The zero-order valence-electron chi connectivity index (χ0n) is 16.0. The van der Waals surface area contributed by atoms with Crippen molar-refractivity contribution in [2.45, 2.75) is 51.9 Å². The molecule has 0 saturated carbocycles. The first kappa shape index (κ1) is 21.2. The van der Waals surface area contributed by atoms with E-state index in [9.17, 15) is 14.4 Å². The lowest BCUT2D eigenvalue weighted by molar-refractivity contribution is -0.132. The number of nitrogens with one attached hydrogen (secondary N) is 2. The Morgan fingerprint density at radius 2 is 1.89 bits per heavy atom. The SMILES string of the molecule is CCNC(=O)NC(=O)CCCC(=O)N1CCC(c2ccc(Cl)cc2C)CC1. The Kier molecular flexibility index (Phi) is 8.10. The van der Waals surface area contributed by atoms with E-state index < -0.39 is 6.03 Å². The largest absolute Gasteiger partial charge is 0.343 e. The molecule has 148 valence electrons. The first-order valence-corrected chi connectivity index (χ1v) is 9.90. The molecule has 4 amide bonds. The zero-order chi connectivity index (χ0) is 19.8. The van der Waals surface area contributed by atoms with Gasteiger partial charge in [-0.1, -0.05) is 17.7 Å². The quantitative estimate of drug-likeness (QED) is 0.777. The smallest absolute Gasteiger partial charge is 0.321 e. The van der Waals surface area contributed by atoms with E-state index in [1.165, 1.54) is 11.1 Å². The van der Waals surface area contributed by atoms with Crippen molar-refractivity contribution in [2.24, 2.45) is 0 Å². The lowest BCUT2D eigenvalue weighted by Gasteiger charge is -2.33. The molecule has 0 unspecified atom stereocenters. The van der Waals surface area contributed by atoms with Crippen LogP contribution >= 0.6 is 11.6 Å². The number of nitrogens with zero attached hydrogens (tertiary/aromatic N) is 1. The number of piperidine rings is 1. The Labute approximate surface area is 165 Å². The molecule has 6 nitrogen and oxygen atoms in total. The molecule has 0 radical (unpaired) electrons. The highest BCUT2D eigenvalue weighted by atomic mass is 35.5. The van der Waals surface area contributed by atoms with Gasteiger partial charge in [-0.2, -0.15) is 0 Å². The van der Waals surface area contributed by atoms with Gasteiger partial charge in [-0.15, -0.1) is 0 Å². The molecule has 1 saturated heterocycles. The summed E-state index contributed by atoms with van der Waals surface area (Å²) in [4.78, 5) is 37.1. The third kappa shape index (κ3) is 6.54. The highest BCUT2D eigenvalue weighted by Gasteiger charge is 2.24. The molecule has 1 aliphatic rings. The van der Waals surface area contributed by atoms with E-state index in [0.29, 0.717) is 25.3 Å². The molecule has 1 aliphatic heterocycles. The lowest BCUT2D eigenvalue weighted by Crippen LogP contribution is -2.39. The van der Waals surface area contributed by atoms with Gasteiger partial charge in [0.2, 0.25) is 11.8 Å². The lowest BCUT2D eigenvalue weighted by atomic mass is 9.87. The summed E-state index contributed by atoms with van der Waals surface area (Å²) >= 11 is 6.03. The first-order chi connectivity index (χ1) is 12.9. The molecular formula is C20H28ClN3O3. The monoisotopic (exact) mass is 393 g/mol. The topological polar surface area (TPSA) is 78.5 Å². The van der Waals surface area contributed by atoms with Crippen LogP contribution in [-0.2, 0) is 9.59 Å². The summed E-state index contributed by atoms with van der Waals surface area (Å²) in [6.45, 7) is 5.78. The minimum atomic E-state index is -0.492. The summed E-state index contributed by atoms with van der Waals surface area (Å²) in [5, 5.41) is 5.49. The summed E-state index contributed by atoms with van der Waals surface area (Å²) in [5.74, 6) is 0.173. The molecule has 0 bridgehead atoms. The summed E-state index contributed by atoms with van der Waals surface area (Å²) < 4.78 is 0. The number of amides is 4. The molecular weight excluding hydrogens is 366 g/mol. The number of benzene rings is 1. The predicted molar refractivity (Wildman–Crippen MR) is 106 cm³/mol. The average molecular weight is 394 g/mol. The second kappa shape index (κ2) is 10.3. The van der Waals surface area contributed by atoms with Crippen LogP contribution in [0.5, 0.6) is 0 Å². The second-order valence-electron chi connectivity index (χ2n) is 6.92. The van der Waals surface area contributed by atoms with Gasteiger partial charge in [-0.25, -0.2) is 4.79 Å². The number of hydrogen-bond acceptors (Lipinski definition) is 3. The highest BCUT2D eigenvalue weighted by Crippen LogP contribution is 2.31. The van der Waals surface area contributed by atoms with Gasteiger partial charge in [0.25, 0.3) is 0 Å². The molecule has 0 aliphatic carbocycles. The maximum absolute atomic E-state index is 12.4. The van der Waals surface area contributed by atoms with Gasteiger partial charge in [0.15, 0.2) is 0 Å². The van der Waals surface area contributed by atoms with Crippen LogP contribution < -0.4 is 10.6 Å². The molecule has 1 fully saturated rings. The minimum absolute atomic E-state index is 0.0760. The maximum Gasteiger partial charge on any atom is 0.321 e. The average Bonchev–Trinajstić information content (AvgIpc) is 2.62. The van der Waals surface area contributed by atoms with Gasteiger partial charge in [0.05, 0.1) is 0 Å². The van der Waals surface area contributed by atoms with Crippen LogP contribution in [-0.4, -0.2) is 42.4 Å². The predicted octanol–water partition coefficient (Wildman–Crippen LogP) is 3.37. The van der Waals surface area contributed by atoms with Crippen LogP contribution in [0.1, 0.15) is 56.1 Å². The molecule has 1 heterocycles. The highest BCUT2D eigenvalue weighted by molar-refractivity contribution is 6.30. The molecule has 0 spiro atoms. The molecule has 0 atom stereocenters. The molecule has 7 heteroatoms. The van der Waals surface area contributed by atoms with E-state index in [1.54, 1.807) is 6.92 Å². The van der Waals surface area contributed by atoms with Crippen molar-refractivity contribution in [2.75, 3.05) is 19.6 Å². The van der Waals surface area contributed by atoms with Crippen LogP contribution in [0.3, 0.4) is 0 Å². The van der Waals surface area contributed by atoms with Crippen LogP contribution in [0.4, 0.5) is 4.79 Å². The summed E-state index contributed by atoms with van der Waals surface area (Å²) in [6, 6.07) is 5.51. The number of hydrogen-bond donors (Lipinski definition) is 2. The number of imide groups is 1. The Morgan fingerprint density at radius 3 is 2.52 bits per heavy atom. The Hall–Kier alpha value is -2.08. The number of halogens is 1. The van der Waals surface area contributed by atoms with Crippen molar-refractivity contribution >= 4 is 29.4 Å². The van der Waals surface area contributed by atoms with Crippen LogP contribution in [0.2, 0.25) is 5.02 Å². The summed E-state index contributed by atoms with van der Waals surface area (Å²) in [5.41, 5.74) is 2.51. The molecule has 2 N–H and O–H groups in total. The second-order valence-corrected chi connectivity index (χ2v) is 7.35. The van der Waals surface area contributed by atoms with Gasteiger partial charge in [-0.3, -0.25) is 14.9 Å². The normalized spacial score (nSPS) is 14.7. The zero-order valence-corrected chi connectivity index (χ0v) is 16.8. The van der Waals surface area contributed by atoms with Gasteiger partial charge >= 0.3 is 6.03 Å². The number of carbonyl (C=O) groups excluding carboxylic acids is 3. The van der Waals surface area contributed by atoms with Crippen LogP contribution in [0.15, 0.2) is 18.2 Å². The van der Waals surface area contributed by atoms with Crippen molar-refractivity contribution in [3.05, 3.63) is 34.3 Å². The fourth-order valence-electron chi connectivity index (χ4n) is 3.49. The Balaban J connectivity index is 1.72. The number of carbonyl (C=O) groups is 3. The van der Waals surface area contributed by atoms with Gasteiger partial charge < -0.3 is 10.2 Å². The molecule has 27 heavy (non-hydrogen) atoms. The van der Waals surface area contributed by atoms with Crippen LogP contribution in [0.25, 0.3) is 0 Å². The van der Waals surface area contributed by atoms with Crippen molar-refractivity contribution in [3.63, 3.8) is 0 Å². The Bertz CT molecular complexity index is 685. The van der Waals surface area contributed by atoms with E-state index >= 15 is 0 Å². The van der Waals surface area contributed by atoms with Crippen molar-refractivity contribution in [1.29, 1.82) is 0 Å². The fourth-order valence-corrected chi connectivity index (χ4v) is 3.72. The van der Waals surface area contributed by atoms with Crippen LogP contribution in [0, 0.1) is 6.92 Å². The fraction of sp³-hybridized carbons (Fsp3) is 0.550. The standard InChI is InChI=1S/C20H28ClN3O3/c1-3-22-20(27)23-18(25)5-4-6-19(26)24-11-9-15(10-12-24)17-8-7-16(21)13-14(17)2/h7-8,13,15H,3-6,9-12H2,1-2H3,(H2,22,23,25,27). The van der Waals surface area contributed by atoms with Crippen molar-refractivity contribution in [1.82, 2.24) is 15.5 Å². The third-order valence-corrected chi connectivity index (χ3v) is 5.14. The van der Waals surface area contributed by atoms with Gasteiger partial charge in [-0.05, 0) is 62.3 Å². The molecule has 1 aromatic rings. The van der Waals surface area contributed by atoms with Gasteiger partial charge in [0, 0.05) is 37.5 Å². The van der Waals surface area contributed by atoms with E-state index in [0.717, 1.165) is 31.0 Å². The minimum Gasteiger partial charge on any atom is -0.343 e. The van der Waals surface area contributed by atoms with E-state index in [4.69, 9.17) is 11.6 Å². The van der Waals surface area contributed by atoms with E-state index in [-0.39, 0.29) is 18.2 Å². The molecule has 1 aromatic carbocycles. The number of rotatable bonds is 6. The number of likely N-dealkylation sites (tertiary alicyclic amines) is 1. The van der Waals surface area contributed by atoms with E-state index in [1.807, 2.05) is 17.0 Å². The summed E-state index contributed by atoms with van der Waals surface area (Å²) in [6.07, 6.45) is 2.81. The number of urea groups is 1. The van der Waals surface area contributed by atoms with Crippen molar-refractivity contribution in [3.8, 4) is 0 Å². The first-order valence-electron chi connectivity index (χ1n) is 9.52. The summed E-state index contributed by atoms with van der Waals surface area (Å²) in [7, 11) is 0. The third-order valence-electron chi connectivity index (χ3n) is 4.90. The van der Waals surface area contributed by atoms with E-state index in [2.05, 4.69) is 23.6 Å². The molecule has 2 rings (SSSR count). The van der Waals surface area contributed by atoms with Gasteiger partial charge in [0.1, 0.15) is 0 Å². The molecule has 0 aromatic heterocycles. The number of aryl methyl sites for hydroxylation is 1.